The number of nitrogens with two attached hydrogens (primary N) is 1. The molecule has 3 N–H and O–H groups in total. The number of rotatable bonds is 1. The van der Waals surface area contributed by atoms with Gasteiger partial charge in [-0.2, -0.15) is 13.2 Å². The van der Waals surface area contributed by atoms with E-state index < -0.39 is 12.1 Å². The Balaban J connectivity index is 2.47. The average molecular weight is 210 g/mol. The SMILES string of the molecule is NC(=NO)C1CCC(C(F)(F)F)CC1. The van der Waals surface area contributed by atoms with Gasteiger partial charge in [0.2, 0.25) is 0 Å². The molecule has 1 saturated carbocycles. The minimum absolute atomic E-state index is 0.0469. The molecule has 82 valence electrons. The largest absolute Gasteiger partial charge is 0.409 e. The van der Waals surface area contributed by atoms with Gasteiger partial charge in [0.1, 0.15) is 5.84 Å². The number of nitrogens with zero attached hydrogens (tertiary/aromatic N) is 1. The Hall–Kier alpha value is -0.940. The van der Waals surface area contributed by atoms with Crippen molar-refractivity contribution in [3.05, 3.63) is 0 Å². The molecule has 0 saturated heterocycles. The van der Waals surface area contributed by atoms with E-state index in [9.17, 15) is 13.2 Å². The zero-order chi connectivity index (χ0) is 10.8. The Morgan fingerprint density at radius 2 is 1.71 bits per heavy atom. The van der Waals surface area contributed by atoms with Crippen molar-refractivity contribution < 1.29 is 18.4 Å². The summed E-state index contributed by atoms with van der Waals surface area (Å²) in [5, 5.41) is 11.2. The highest BCUT2D eigenvalue weighted by molar-refractivity contribution is 5.82. The van der Waals surface area contributed by atoms with E-state index in [-0.39, 0.29) is 24.6 Å². The number of hydrogen-bond donors (Lipinski definition) is 2. The van der Waals surface area contributed by atoms with Crippen molar-refractivity contribution in [2.75, 3.05) is 0 Å². The molecule has 0 aromatic carbocycles. The summed E-state index contributed by atoms with van der Waals surface area (Å²) in [6.45, 7) is 0. The van der Waals surface area contributed by atoms with Crippen LogP contribution in [0.1, 0.15) is 25.7 Å². The van der Waals surface area contributed by atoms with Gasteiger partial charge in [0.15, 0.2) is 0 Å². The van der Waals surface area contributed by atoms with Gasteiger partial charge < -0.3 is 10.9 Å². The molecular formula is C8H13F3N2O. The second-order valence-electron chi connectivity index (χ2n) is 3.62. The summed E-state index contributed by atoms with van der Waals surface area (Å²) < 4.78 is 36.7. The molecule has 6 heteroatoms. The molecule has 0 atom stereocenters. The van der Waals surface area contributed by atoms with E-state index >= 15 is 0 Å². The van der Waals surface area contributed by atoms with Crippen LogP contribution in [0.2, 0.25) is 0 Å². The van der Waals surface area contributed by atoms with Crippen molar-refractivity contribution in [2.24, 2.45) is 22.7 Å². The third-order valence-electron chi connectivity index (χ3n) is 2.72. The molecule has 0 aliphatic heterocycles. The van der Waals surface area contributed by atoms with Crippen molar-refractivity contribution >= 4 is 5.84 Å². The quantitative estimate of drug-likeness (QED) is 0.301. The van der Waals surface area contributed by atoms with E-state index in [0.717, 1.165) is 0 Å². The van der Waals surface area contributed by atoms with Crippen LogP contribution >= 0.6 is 0 Å². The molecule has 0 heterocycles. The lowest BCUT2D eigenvalue weighted by molar-refractivity contribution is -0.182. The molecule has 0 aromatic heterocycles. The van der Waals surface area contributed by atoms with Crippen LogP contribution < -0.4 is 5.73 Å². The number of hydrogen-bond acceptors (Lipinski definition) is 2. The second-order valence-corrected chi connectivity index (χ2v) is 3.62. The van der Waals surface area contributed by atoms with Crippen LogP contribution in [0.25, 0.3) is 0 Å². The van der Waals surface area contributed by atoms with Crippen molar-refractivity contribution in [2.45, 2.75) is 31.9 Å². The summed E-state index contributed by atoms with van der Waals surface area (Å²) >= 11 is 0. The zero-order valence-electron chi connectivity index (χ0n) is 7.59. The van der Waals surface area contributed by atoms with Crippen molar-refractivity contribution in [1.82, 2.24) is 0 Å². The van der Waals surface area contributed by atoms with Crippen LogP contribution in [0.5, 0.6) is 0 Å². The van der Waals surface area contributed by atoms with Gasteiger partial charge in [0, 0.05) is 5.92 Å². The summed E-state index contributed by atoms with van der Waals surface area (Å²) in [6.07, 6.45) is -3.26. The molecule has 0 aromatic rings. The molecule has 0 unspecified atom stereocenters. The first-order valence-electron chi connectivity index (χ1n) is 4.49. The number of alkyl halides is 3. The predicted octanol–water partition coefficient (Wildman–Crippen LogP) is 2.10. The monoisotopic (exact) mass is 210 g/mol. The van der Waals surface area contributed by atoms with Gasteiger partial charge in [0.25, 0.3) is 0 Å². The first kappa shape index (κ1) is 11.1. The van der Waals surface area contributed by atoms with E-state index in [2.05, 4.69) is 5.16 Å². The van der Waals surface area contributed by atoms with Gasteiger partial charge in [-0.1, -0.05) is 5.16 Å². The Morgan fingerprint density at radius 1 is 1.21 bits per heavy atom. The topological polar surface area (TPSA) is 58.6 Å². The molecule has 0 spiro atoms. The normalized spacial score (nSPS) is 30.4. The highest BCUT2D eigenvalue weighted by Crippen LogP contribution is 2.39. The standard InChI is InChI=1S/C8H13F3N2O/c9-8(10,11)6-3-1-5(2-4-6)7(12)13-14/h5-6,14H,1-4H2,(H2,12,13). The summed E-state index contributed by atoms with van der Waals surface area (Å²) in [5.41, 5.74) is 5.32. The lowest BCUT2D eigenvalue weighted by Crippen LogP contribution is -2.33. The van der Waals surface area contributed by atoms with Crippen LogP contribution in [0.4, 0.5) is 13.2 Å². The summed E-state index contributed by atoms with van der Waals surface area (Å²) in [4.78, 5) is 0. The molecule has 0 radical (unpaired) electrons. The van der Waals surface area contributed by atoms with Gasteiger partial charge in [-0.15, -0.1) is 0 Å². The van der Waals surface area contributed by atoms with Crippen LogP contribution in [-0.2, 0) is 0 Å². The predicted molar refractivity (Wildman–Crippen MR) is 44.9 cm³/mol. The third kappa shape index (κ3) is 2.52. The van der Waals surface area contributed by atoms with E-state index in [0.29, 0.717) is 12.8 Å². The Kier molecular flexibility index (Phi) is 3.23. The smallest absolute Gasteiger partial charge is 0.391 e. The Bertz CT molecular complexity index is 219. The van der Waals surface area contributed by atoms with Gasteiger partial charge in [0.05, 0.1) is 5.92 Å². The molecule has 1 aliphatic rings. The maximum atomic E-state index is 12.2. The van der Waals surface area contributed by atoms with Gasteiger partial charge in [-0.25, -0.2) is 0 Å². The van der Waals surface area contributed by atoms with Gasteiger partial charge >= 0.3 is 6.18 Å². The Morgan fingerprint density at radius 3 is 2.07 bits per heavy atom. The van der Waals surface area contributed by atoms with E-state index in [1.807, 2.05) is 0 Å². The minimum Gasteiger partial charge on any atom is -0.409 e. The molecule has 3 nitrogen and oxygen atoms in total. The van der Waals surface area contributed by atoms with Crippen molar-refractivity contribution in [3.8, 4) is 0 Å². The van der Waals surface area contributed by atoms with Gasteiger partial charge in [-0.05, 0) is 25.7 Å². The summed E-state index contributed by atoms with van der Waals surface area (Å²) in [7, 11) is 0. The van der Waals surface area contributed by atoms with Crippen LogP contribution in [0.15, 0.2) is 5.16 Å². The molecule has 0 amide bonds. The molecule has 1 fully saturated rings. The first-order valence-corrected chi connectivity index (χ1v) is 4.49. The van der Waals surface area contributed by atoms with Crippen LogP contribution in [0.3, 0.4) is 0 Å². The third-order valence-corrected chi connectivity index (χ3v) is 2.72. The average Bonchev–Trinajstić information content (AvgIpc) is 2.15. The highest BCUT2D eigenvalue weighted by Gasteiger charge is 2.41. The van der Waals surface area contributed by atoms with E-state index in [4.69, 9.17) is 10.9 Å². The van der Waals surface area contributed by atoms with E-state index in [1.165, 1.54) is 0 Å². The fourth-order valence-electron chi connectivity index (χ4n) is 1.80. The number of halogens is 3. The maximum absolute atomic E-state index is 12.2. The van der Waals surface area contributed by atoms with Crippen molar-refractivity contribution in [1.29, 1.82) is 0 Å². The highest BCUT2D eigenvalue weighted by atomic mass is 19.4. The molecule has 14 heavy (non-hydrogen) atoms. The van der Waals surface area contributed by atoms with Crippen molar-refractivity contribution in [3.63, 3.8) is 0 Å². The molecule has 0 bridgehead atoms. The fraction of sp³-hybridized carbons (Fsp3) is 0.875. The minimum atomic E-state index is -4.10. The van der Waals surface area contributed by atoms with E-state index in [1.54, 1.807) is 0 Å². The second kappa shape index (κ2) is 4.06. The first-order chi connectivity index (χ1) is 6.45. The number of oxime groups is 1. The van der Waals surface area contributed by atoms with Gasteiger partial charge in [-0.3, -0.25) is 0 Å². The number of amidine groups is 1. The Labute approximate surface area is 79.8 Å². The molecule has 1 aliphatic carbocycles. The van der Waals surface area contributed by atoms with Crippen LogP contribution in [-0.4, -0.2) is 17.2 Å². The summed E-state index contributed by atoms with van der Waals surface area (Å²) in [5.74, 6) is -1.37. The maximum Gasteiger partial charge on any atom is 0.391 e. The fourth-order valence-corrected chi connectivity index (χ4v) is 1.80. The van der Waals surface area contributed by atoms with Crippen LogP contribution in [0, 0.1) is 11.8 Å². The molecular weight excluding hydrogens is 197 g/mol. The lowest BCUT2D eigenvalue weighted by atomic mass is 9.81. The molecule has 1 rings (SSSR count). The lowest BCUT2D eigenvalue weighted by Gasteiger charge is -2.28. The zero-order valence-corrected chi connectivity index (χ0v) is 7.59. The summed E-state index contributed by atoms with van der Waals surface area (Å²) in [6, 6.07) is 0.